The number of methoxy groups -OCH3 is 2. The van der Waals surface area contributed by atoms with Crippen molar-refractivity contribution in [1.29, 1.82) is 0 Å². The minimum atomic E-state index is 0.495. The first-order valence-electron chi connectivity index (χ1n) is 5.60. The molecule has 0 aromatic heterocycles. The monoisotopic (exact) mass is 223 g/mol. The summed E-state index contributed by atoms with van der Waals surface area (Å²) in [5.74, 6) is 1.81. The third-order valence-electron chi connectivity index (χ3n) is 2.85. The standard InChI is InChI=1S/C13H21NO2/c1-10(14-2)8-9-11-12(15-3)6-5-7-13(11)16-4/h5-7,10,14H,8-9H2,1-4H3. The maximum absolute atomic E-state index is 5.35. The largest absolute Gasteiger partial charge is 0.496 e. The predicted octanol–water partition coefficient (Wildman–Crippen LogP) is 2.24. The lowest BCUT2D eigenvalue weighted by atomic mass is 10.0. The lowest BCUT2D eigenvalue weighted by molar-refractivity contribution is 0.382. The lowest BCUT2D eigenvalue weighted by Gasteiger charge is -2.15. The van der Waals surface area contributed by atoms with Crippen molar-refractivity contribution in [2.75, 3.05) is 21.3 Å². The highest BCUT2D eigenvalue weighted by atomic mass is 16.5. The second-order valence-corrected chi connectivity index (χ2v) is 3.87. The molecule has 0 heterocycles. The van der Waals surface area contributed by atoms with Crippen LogP contribution in [0.1, 0.15) is 18.9 Å². The van der Waals surface area contributed by atoms with E-state index < -0.39 is 0 Å². The van der Waals surface area contributed by atoms with Gasteiger partial charge in [-0.25, -0.2) is 0 Å². The summed E-state index contributed by atoms with van der Waals surface area (Å²) < 4.78 is 10.7. The average Bonchev–Trinajstić information content (AvgIpc) is 2.35. The van der Waals surface area contributed by atoms with Gasteiger partial charge in [0, 0.05) is 11.6 Å². The molecule has 1 rings (SSSR count). The van der Waals surface area contributed by atoms with Crippen molar-refractivity contribution in [1.82, 2.24) is 5.32 Å². The fourth-order valence-electron chi connectivity index (χ4n) is 1.68. The summed E-state index contributed by atoms with van der Waals surface area (Å²) in [7, 11) is 5.36. The van der Waals surface area contributed by atoms with Crippen molar-refractivity contribution in [3.05, 3.63) is 23.8 Å². The third kappa shape index (κ3) is 3.14. The SMILES string of the molecule is CNC(C)CCc1c(OC)cccc1OC. The number of benzene rings is 1. The van der Waals surface area contributed by atoms with Crippen LogP contribution in [0.15, 0.2) is 18.2 Å². The summed E-state index contributed by atoms with van der Waals surface area (Å²) in [6.07, 6.45) is 2.02. The molecule has 0 radical (unpaired) electrons. The van der Waals surface area contributed by atoms with E-state index in [1.165, 1.54) is 0 Å². The Morgan fingerprint density at radius 3 is 2.19 bits per heavy atom. The Morgan fingerprint density at radius 2 is 1.75 bits per heavy atom. The Hall–Kier alpha value is -1.22. The van der Waals surface area contributed by atoms with Crippen LogP contribution in [-0.4, -0.2) is 27.3 Å². The maximum atomic E-state index is 5.35. The average molecular weight is 223 g/mol. The first-order valence-corrected chi connectivity index (χ1v) is 5.60. The molecule has 1 N–H and O–H groups in total. The topological polar surface area (TPSA) is 30.5 Å². The van der Waals surface area contributed by atoms with Crippen molar-refractivity contribution in [2.45, 2.75) is 25.8 Å². The zero-order valence-electron chi connectivity index (χ0n) is 10.5. The van der Waals surface area contributed by atoms with Crippen LogP contribution in [0.2, 0.25) is 0 Å². The summed E-state index contributed by atoms with van der Waals surface area (Å²) in [6, 6.07) is 6.39. The van der Waals surface area contributed by atoms with Gasteiger partial charge in [-0.3, -0.25) is 0 Å². The van der Waals surface area contributed by atoms with Gasteiger partial charge >= 0.3 is 0 Å². The van der Waals surface area contributed by atoms with Crippen molar-refractivity contribution < 1.29 is 9.47 Å². The Bertz CT molecular complexity index is 303. The van der Waals surface area contributed by atoms with Crippen LogP contribution >= 0.6 is 0 Å². The minimum absolute atomic E-state index is 0.495. The molecule has 0 aliphatic rings. The van der Waals surface area contributed by atoms with Gasteiger partial charge in [0.2, 0.25) is 0 Å². The first kappa shape index (κ1) is 12.8. The Labute approximate surface area is 97.8 Å². The zero-order valence-corrected chi connectivity index (χ0v) is 10.5. The van der Waals surface area contributed by atoms with Crippen LogP contribution in [0.4, 0.5) is 0 Å². The molecule has 90 valence electrons. The summed E-state index contributed by atoms with van der Waals surface area (Å²) in [5.41, 5.74) is 1.15. The van der Waals surface area contributed by atoms with Gasteiger partial charge in [0.25, 0.3) is 0 Å². The quantitative estimate of drug-likeness (QED) is 0.802. The Balaban J connectivity index is 2.82. The fraction of sp³-hybridized carbons (Fsp3) is 0.538. The number of hydrogen-bond donors (Lipinski definition) is 1. The van der Waals surface area contributed by atoms with Crippen LogP contribution in [-0.2, 0) is 6.42 Å². The Kier molecular flexibility index (Phi) is 5.12. The van der Waals surface area contributed by atoms with Gasteiger partial charge in [0.1, 0.15) is 11.5 Å². The van der Waals surface area contributed by atoms with Crippen LogP contribution in [0.3, 0.4) is 0 Å². The van der Waals surface area contributed by atoms with Crippen molar-refractivity contribution >= 4 is 0 Å². The number of ether oxygens (including phenoxy) is 2. The maximum Gasteiger partial charge on any atom is 0.125 e. The van der Waals surface area contributed by atoms with E-state index in [0.29, 0.717) is 6.04 Å². The van der Waals surface area contributed by atoms with Crippen LogP contribution in [0, 0.1) is 0 Å². The fourth-order valence-corrected chi connectivity index (χ4v) is 1.68. The number of hydrogen-bond acceptors (Lipinski definition) is 3. The highest BCUT2D eigenvalue weighted by Gasteiger charge is 2.10. The smallest absolute Gasteiger partial charge is 0.125 e. The van der Waals surface area contributed by atoms with E-state index in [1.807, 2.05) is 25.2 Å². The molecule has 1 unspecified atom stereocenters. The van der Waals surface area contributed by atoms with Gasteiger partial charge in [0.05, 0.1) is 14.2 Å². The van der Waals surface area contributed by atoms with Crippen LogP contribution < -0.4 is 14.8 Å². The molecule has 0 aliphatic heterocycles. The molecule has 1 aromatic carbocycles. The normalized spacial score (nSPS) is 12.2. The van der Waals surface area contributed by atoms with E-state index in [1.54, 1.807) is 14.2 Å². The molecule has 3 heteroatoms. The van der Waals surface area contributed by atoms with E-state index in [4.69, 9.17) is 9.47 Å². The van der Waals surface area contributed by atoms with E-state index in [2.05, 4.69) is 12.2 Å². The van der Waals surface area contributed by atoms with Gasteiger partial charge in [0.15, 0.2) is 0 Å². The summed E-state index contributed by atoms with van der Waals surface area (Å²) in [6.45, 7) is 2.17. The molecular formula is C13H21NO2. The van der Waals surface area contributed by atoms with Gasteiger partial charge in [-0.2, -0.15) is 0 Å². The second-order valence-electron chi connectivity index (χ2n) is 3.87. The molecule has 0 aliphatic carbocycles. The van der Waals surface area contributed by atoms with E-state index in [9.17, 15) is 0 Å². The number of nitrogens with one attached hydrogen (secondary N) is 1. The van der Waals surface area contributed by atoms with E-state index >= 15 is 0 Å². The summed E-state index contributed by atoms with van der Waals surface area (Å²) >= 11 is 0. The first-order chi connectivity index (χ1) is 7.72. The van der Waals surface area contributed by atoms with Crippen molar-refractivity contribution in [3.8, 4) is 11.5 Å². The molecule has 1 aromatic rings. The van der Waals surface area contributed by atoms with Crippen molar-refractivity contribution in [3.63, 3.8) is 0 Å². The molecule has 0 bridgehead atoms. The van der Waals surface area contributed by atoms with Gasteiger partial charge in [-0.05, 0) is 38.9 Å². The van der Waals surface area contributed by atoms with E-state index in [-0.39, 0.29) is 0 Å². The van der Waals surface area contributed by atoms with Crippen LogP contribution in [0.25, 0.3) is 0 Å². The molecule has 0 spiro atoms. The summed E-state index contributed by atoms with van der Waals surface area (Å²) in [4.78, 5) is 0. The second kappa shape index (κ2) is 6.38. The molecule has 16 heavy (non-hydrogen) atoms. The molecule has 1 atom stereocenters. The van der Waals surface area contributed by atoms with Crippen molar-refractivity contribution in [2.24, 2.45) is 0 Å². The lowest BCUT2D eigenvalue weighted by Crippen LogP contribution is -2.21. The summed E-state index contributed by atoms with van der Waals surface area (Å²) in [5, 5.41) is 3.23. The molecule has 0 saturated carbocycles. The van der Waals surface area contributed by atoms with E-state index in [0.717, 1.165) is 29.9 Å². The molecule has 0 saturated heterocycles. The Morgan fingerprint density at radius 1 is 1.19 bits per heavy atom. The molecule has 0 fully saturated rings. The predicted molar refractivity (Wildman–Crippen MR) is 66.4 cm³/mol. The number of rotatable bonds is 6. The molecular weight excluding hydrogens is 202 g/mol. The van der Waals surface area contributed by atoms with Crippen LogP contribution in [0.5, 0.6) is 11.5 Å². The molecule has 3 nitrogen and oxygen atoms in total. The van der Waals surface area contributed by atoms with Gasteiger partial charge in [-0.1, -0.05) is 6.07 Å². The zero-order chi connectivity index (χ0) is 12.0. The molecule has 0 amide bonds. The highest BCUT2D eigenvalue weighted by molar-refractivity contribution is 5.44. The van der Waals surface area contributed by atoms with Gasteiger partial charge < -0.3 is 14.8 Å². The van der Waals surface area contributed by atoms with Gasteiger partial charge in [-0.15, -0.1) is 0 Å². The highest BCUT2D eigenvalue weighted by Crippen LogP contribution is 2.29. The minimum Gasteiger partial charge on any atom is -0.496 e. The third-order valence-corrected chi connectivity index (χ3v) is 2.85.